The van der Waals surface area contributed by atoms with Crippen molar-refractivity contribution in [1.82, 2.24) is 10.6 Å². The Kier molecular flexibility index (Phi) is 6.55. The van der Waals surface area contributed by atoms with Gasteiger partial charge in [0, 0.05) is 18.6 Å². The summed E-state index contributed by atoms with van der Waals surface area (Å²) in [5.41, 5.74) is 2.81. The van der Waals surface area contributed by atoms with Crippen molar-refractivity contribution in [3.05, 3.63) is 35.4 Å². The molecule has 2 unspecified atom stereocenters. The second kappa shape index (κ2) is 8.43. The standard InChI is InChI=1S/C18H30N2/c1-3-16-8-10-17(11-9-16)14-20-15(2)13-18-7-5-4-6-12-19-18/h8-11,15,18-20H,3-7,12-14H2,1-2H3. The van der Waals surface area contributed by atoms with Gasteiger partial charge in [-0.3, -0.25) is 0 Å². The molecule has 0 radical (unpaired) electrons. The summed E-state index contributed by atoms with van der Waals surface area (Å²) in [6, 6.07) is 10.3. The molecule has 1 aromatic carbocycles. The topological polar surface area (TPSA) is 24.1 Å². The lowest BCUT2D eigenvalue weighted by Crippen LogP contribution is -2.36. The summed E-state index contributed by atoms with van der Waals surface area (Å²) >= 11 is 0. The van der Waals surface area contributed by atoms with Crippen molar-refractivity contribution >= 4 is 0 Å². The molecular weight excluding hydrogens is 244 g/mol. The molecule has 1 aliphatic rings. The molecule has 0 saturated carbocycles. The number of hydrogen-bond donors (Lipinski definition) is 2. The highest BCUT2D eigenvalue weighted by Gasteiger charge is 2.14. The fourth-order valence-electron chi connectivity index (χ4n) is 3.00. The molecule has 0 amide bonds. The average Bonchev–Trinajstić information content (AvgIpc) is 2.74. The molecule has 1 fully saturated rings. The Morgan fingerprint density at radius 2 is 1.90 bits per heavy atom. The molecule has 1 heterocycles. The van der Waals surface area contributed by atoms with E-state index in [0.29, 0.717) is 12.1 Å². The first-order chi connectivity index (χ1) is 9.78. The van der Waals surface area contributed by atoms with Gasteiger partial charge in [-0.2, -0.15) is 0 Å². The van der Waals surface area contributed by atoms with Crippen LogP contribution in [0.4, 0.5) is 0 Å². The number of benzene rings is 1. The highest BCUT2D eigenvalue weighted by molar-refractivity contribution is 5.22. The predicted octanol–water partition coefficient (Wildman–Crippen LogP) is 3.65. The van der Waals surface area contributed by atoms with Crippen molar-refractivity contribution < 1.29 is 0 Å². The van der Waals surface area contributed by atoms with Crippen molar-refractivity contribution in [3.63, 3.8) is 0 Å². The van der Waals surface area contributed by atoms with Gasteiger partial charge in [0.2, 0.25) is 0 Å². The van der Waals surface area contributed by atoms with E-state index < -0.39 is 0 Å². The zero-order valence-corrected chi connectivity index (χ0v) is 13.1. The van der Waals surface area contributed by atoms with Crippen molar-refractivity contribution in [2.75, 3.05) is 6.54 Å². The lowest BCUT2D eigenvalue weighted by atomic mass is 10.0. The molecule has 1 aliphatic heterocycles. The van der Waals surface area contributed by atoms with Crippen LogP contribution in [-0.4, -0.2) is 18.6 Å². The maximum atomic E-state index is 3.69. The zero-order valence-electron chi connectivity index (χ0n) is 13.1. The first kappa shape index (κ1) is 15.5. The number of hydrogen-bond acceptors (Lipinski definition) is 2. The van der Waals surface area contributed by atoms with Crippen LogP contribution in [0.25, 0.3) is 0 Å². The summed E-state index contributed by atoms with van der Waals surface area (Å²) in [6.45, 7) is 6.70. The van der Waals surface area contributed by atoms with E-state index in [1.165, 1.54) is 49.8 Å². The maximum Gasteiger partial charge on any atom is 0.0207 e. The summed E-state index contributed by atoms with van der Waals surface area (Å²) in [5.74, 6) is 0. The van der Waals surface area contributed by atoms with Crippen LogP contribution in [-0.2, 0) is 13.0 Å². The number of nitrogens with one attached hydrogen (secondary N) is 2. The smallest absolute Gasteiger partial charge is 0.0207 e. The molecule has 2 rings (SSSR count). The van der Waals surface area contributed by atoms with Gasteiger partial charge in [-0.15, -0.1) is 0 Å². The average molecular weight is 274 g/mol. The third-order valence-corrected chi connectivity index (χ3v) is 4.39. The highest BCUT2D eigenvalue weighted by Crippen LogP contribution is 2.13. The van der Waals surface area contributed by atoms with Crippen molar-refractivity contribution in [3.8, 4) is 0 Å². The van der Waals surface area contributed by atoms with Crippen LogP contribution in [0.1, 0.15) is 57.1 Å². The second-order valence-corrected chi connectivity index (χ2v) is 6.19. The van der Waals surface area contributed by atoms with Crippen LogP contribution in [0, 0.1) is 0 Å². The van der Waals surface area contributed by atoms with E-state index in [0.717, 1.165) is 13.0 Å². The maximum absolute atomic E-state index is 3.69. The van der Waals surface area contributed by atoms with E-state index in [9.17, 15) is 0 Å². The molecule has 0 aliphatic carbocycles. The molecule has 112 valence electrons. The molecule has 2 atom stereocenters. The lowest BCUT2D eigenvalue weighted by Gasteiger charge is -2.21. The Labute approximate surface area is 124 Å². The van der Waals surface area contributed by atoms with E-state index in [2.05, 4.69) is 48.7 Å². The van der Waals surface area contributed by atoms with Crippen LogP contribution in [0.2, 0.25) is 0 Å². The molecule has 0 bridgehead atoms. The van der Waals surface area contributed by atoms with Crippen molar-refractivity contribution in [2.24, 2.45) is 0 Å². The minimum atomic E-state index is 0.580. The van der Waals surface area contributed by atoms with Crippen LogP contribution in [0.5, 0.6) is 0 Å². The van der Waals surface area contributed by atoms with Crippen LogP contribution >= 0.6 is 0 Å². The summed E-state index contributed by atoms with van der Waals surface area (Å²) in [7, 11) is 0. The molecule has 2 heteroatoms. The van der Waals surface area contributed by atoms with E-state index in [1.54, 1.807) is 0 Å². The number of rotatable bonds is 6. The normalized spacial score (nSPS) is 21.4. The summed E-state index contributed by atoms with van der Waals surface area (Å²) in [5, 5.41) is 7.35. The van der Waals surface area contributed by atoms with Gasteiger partial charge in [0.15, 0.2) is 0 Å². The van der Waals surface area contributed by atoms with Gasteiger partial charge in [0.1, 0.15) is 0 Å². The third kappa shape index (κ3) is 5.26. The molecule has 20 heavy (non-hydrogen) atoms. The van der Waals surface area contributed by atoms with Gasteiger partial charge in [-0.05, 0) is 50.3 Å². The quantitative estimate of drug-likeness (QED) is 0.827. The van der Waals surface area contributed by atoms with Crippen LogP contribution < -0.4 is 10.6 Å². The third-order valence-electron chi connectivity index (χ3n) is 4.39. The van der Waals surface area contributed by atoms with Crippen LogP contribution in [0.15, 0.2) is 24.3 Å². The molecule has 2 N–H and O–H groups in total. The van der Waals surface area contributed by atoms with E-state index in [-0.39, 0.29) is 0 Å². The van der Waals surface area contributed by atoms with Gasteiger partial charge in [0.05, 0.1) is 0 Å². The van der Waals surface area contributed by atoms with E-state index in [1.807, 2.05) is 0 Å². The molecular formula is C18H30N2. The van der Waals surface area contributed by atoms with Gasteiger partial charge in [-0.25, -0.2) is 0 Å². The Balaban J connectivity index is 1.71. The summed E-state index contributed by atoms with van der Waals surface area (Å²) in [4.78, 5) is 0. The minimum Gasteiger partial charge on any atom is -0.314 e. The molecule has 2 nitrogen and oxygen atoms in total. The molecule has 0 spiro atoms. The SMILES string of the molecule is CCc1ccc(CNC(C)CC2CCCCCN2)cc1. The predicted molar refractivity (Wildman–Crippen MR) is 87.0 cm³/mol. The van der Waals surface area contributed by atoms with Gasteiger partial charge < -0.3 is 10.6 Å². The minimum absolute atomic E-state index is 0.580. The second-order valence-electron chi connectivity index (χ2n) is 6.19. The molecule has 1 aromatic rings. The summed E-state index contributed by atoms with van der Waals surface area (Å²) < 4.78 is 0. The largest absolute Gasteiger partial charge is 0.314 e. The lowest BCUT2D eigenvalue weighted by molar-refractivity contribution is 0.402. The van der Waals surface area contributed by atoms with Gasteiger partial charge in [-0.1, -0.05) is 44.0 Å². The van der Waals surface area contributed by atoms with Crippen molar-refractivity contribution in [2.45, 2.75) is 71.0 Å². The zero-order chi connectivity index (χ0) is 14.2. The Morgan fingerprint density at radius 3 is 2.65 bits per heavy atom. The van der Waals surface area contributed by atoms with E-state index >= 15 is 0 Å². The van der Waals surface area contributed by atoms with E-state index in [4.69, 9.17) is 0 Å². The highest BCUT2D eigenvalue weighted by atomic mass is 14.9. The van der Waals surface area contributed by atoms with Crippen LogP contribution in [0.3, 0.4) is 0 Å². The van der Waals surface area contributed by atoms with Gasteiger partial charge >= 0.3 is 0 Å². The fourth-order valence-corrected chi connectivity index (χ4v) is 3.00. The number of aryl methyl sites for hydroxylation is 1. The summed E-state index contributed by atoms with van der Waals surface area (Å²) in [6.07, 6.45) is 7.85. The first-order valence-electron chi connectivity index (χ1n) is 8.32. The van der Waals surface area contributed by atoms with Crippen molar-refractivity contribution in [1.29, 1.82) is 0 Å². The van der Waals surface area contributed by atoms with Gasteiger partial charge in [0.25, 0.3) is 0 Å². The molecule has 0 aromatic heterocycles. The monoisotopic (exact) mass is 274 g/mol. The Hall–Kier alpha value is -0.860. The Morgan fingerprint density at radius 1 is 1.15 bits per heavy atom. The Bertz CT molecular complexity index is 364. The molecule has 1 saturated heterocycles. The first-order valence-corrected chi connectivity index (χ1v) is 8.32. The fraction of sp³-hybridized carbons (Fsp3) is 0.667.